The second-order valence-corrected chi connectivity index (χ2v) is 5.07. The van der Waals surface area contributed by atoms with Gasteiger partial charge < -0.3 is 5.32 Å². The molecule has 1 amide bonds. The van der Waals surface area contributed by atoms with Crippen molar-refractivity contribution < 1.29 is 13.6 Å². The van der Waals surface area contributed by atoms with Crippen molar-refractivity contribution in [1.29, 1.82) is 0 Å². The summed E-state index contributed by atoms with van der Waals surface area (Å²) >= 11 is 5.80. The molecule has 1 atom stereocenters. The Morgan fingerprint density at radius 3 is 2.62 bits per heavy atom. The van der Waals surface area contributed by atoms with Crippen LogP contribution in [0.5, 0.6) is 0 Å². The van der Waals surface area contributed by atoms with Crippen LogP contribution in [-0.2, 0) is 0 Å². The fraction of sp³-hybridized carbons (Fsp3) is 0.200. The number of halogens is 3. The molecule has 3 nitrogen and oxygen atoms in total. The number of rotatable bonds is 3. The number of carbonyl (C=O) groups excluding carboxylic acids is 1. The van der Waals surface area contributed by atoms with E-state index in [4.69, 9.17) is 11.6 Å². The summed E-state index contributed by atoms with van der Waals surface area (Å²) in [5, 5.41) is 2.85. The first-order valence-electron chi connectivity index (χ1n) is 6.27. The molecule has 0 bridgehead atoms. The van der Waals surface area contributed by atoms with E-state index in [0.29, 0.717) is 11.3 Å². The summed E-state index contributed by atoms with van der Waals surface area (Å²) in [5.41, 5.74) is 1.15. The van der Waals surface area contributed by atoms with Crippen LogP contribution in [0.25, 0.3) is 0 Å². The van der Waals surface area contributed by atoms with Crippen LogP contribution in [0.15, 0.2) is 30.3 Å². The number of carbonyl (C=O) groups is 1. The Balaban J connectivity index is 2.18. The highest BCUT2D eigenvalue weighted by Gasteiger charge is 2.16. The molecular weight excluding hydrogens is 298 g/mol. The monoisotopic (exact) mass is 310 g/mol. The van der Waals surface area contributed by atoms with Gasteiger partial charge in [-0.1, -0.05) is 17.7 Å². The minimum Gasteiger partial charge on any atom is -0.345 e. The zero-order chi connectivity index (χ0) is 15.6. The van der Waals surface area contributed by atoms with E-state index in [1.165, 1.54) is 12.1 Å². The minimum absolute atomic E-state index is 0.209. The van der Waals surface area contributed by atoms with E-state index in [1.54, 1.807) is 19.9 Å². The van der Waals surface area contributed by atoms with Crippen molar-refractivity contribution >= 4 is 17.5 Å². The highest BCUT2D eigenvalue weighted by molar-refractivity contribution is 6.29. The van der Waals surface area contributed by atoms with E-state index in [-0.39, 0.29) is 10.7 Å². The predicted molar refractivity (Wildman–Crippen MR) is 76.2 cm³/mol. The summed E-state index contributed by atoms with van der Waals surface area (Å²) in [7, 11) is 0. The molecule has 2 aromatic rings. The fourth-order valence-electron chi connectivity index (χ4n) is 1.97. The highest BCUT2D eigenvalue weighted by Crippen LogP contribution is 2.19. The summed E-state index contributed by atoms with van der Waals surface area (Å²) in [6, 6.07) is 5.64. The molecule has 0 fully saturated rings. The number of pyridine rings is 1. The molecule has 0 saturated heterocycles. The lowest BCUT2D eigenvalue weighted by molar-refractivity contribution is 0.0939. The van der Waals surface area contributed by atoms with Crippen LogP contribution in [0.2, 0.25) is 5.15 Å². The number of aromatic nitrogens is 1. The highest BCUT2D eigenvalue weighted by atomic mass is 35.5. The van der Waals surface area contributed by atoms with Crippen LogP contribution in [0.3, 0.4) is 0 Å². The van der Waals surface area contributed by atoms with Crippen molar-refractivity contribution in [2.24, 2.45) is 0 Å². The number of nitrogens with one attached hydrogen (secondary N) is 1. The molecule has 1 unspecified atom stereocenters. The van der Waals surface area contributed by atoms with Crippen molar-refractivity contribution in [3.05, 3.63) is 63.9 Å². The summed E-state index contributed by atoms with van der Waals surface area (Å²) in [6.07, 6.45) is 0. The van der Waals surface area contributed by atoms with Gasteiger partial charge in [-0.2, -0.15) is 0 Å². The van der Waals surface area contributed by atoms with E-state index in [2.05, 4.69) is 10.3 Å². The normalized spacial score (nSPS) is 12.0. The Morgan fingerprint density at radius 1 is 1.29 bits per heavy atom. The average molecular weight is 311 g/mol. The predicted octanol–water partition coefficient (Wildman–Crippen LogP) is 3.81. The summed E-state index contributed by atoms with van der Waals surface area (Å²) in [5.74, 6) is -1.77. The molecule has 0 aliphatic carbocycles. The molecule has 1 aromatic carbocycles. The van der Waals surface area contributed by atoms with Crippen LogP contribution in [0.1, 0.15) is 34.6 Å². The van der Waals surface area contributed by atoms with Crippen LogP contribution in [0, 0.1) is 18.6 Å². The van der Waals surface area contributed by atoms with Crippen molar-refractivity contribution in [2.75, 3.05) is 0 Å². The van der Waals surface area contributed by atoms with Gasteiger partial charge in [-0.3, -0.25) is 4.79 Å². The van der Waals surface area contributed by atoms with Crippen molar-refractivity contribution in [1.82, 2.24) is 10.3 Å². The Labute approximate surface area is 126 Å². The van der Waals surface area contributed by atoms with Gasteiger partial charge in [0.2, 0.25) is 0 Å². The first kappa shape index (κ1) is 15.4. The molecule has 21 heavy (non-hydrogen) atoms. The maximum Gasteiger partial charge on any atom is 0.251 e. The van der Waals surface area contributed by atoms with E-state index >= 15 is 0 Å². The van der Waals surface area contributed by atoms with Gasteiger partial charge in [0.05, 0.1) is 6.04 Å². The average Bonchev–Trinajstić information content (AvgIpc) is 2.37. The quantitative estimate of drug-likeness (QED) is 0.876. The summed E-state index contributed by atoms with van der Waals surface area (Å²) in [4.78, 5) is 16.1. The zero-order valence-corrected chi connectivity index (χ0v) is 12.2. The largest absolute Gasteiger partial charge is 0.345 e. The Kier molecular flexibility index (Phi) is 4.53. The Bertz CT molecular complexity index is 671. The van der Waals surface area contributed by atoms with E-state index in [9.17, 15) is 13.6 Å². The fourth-order valence-corrected chi connectivity index (χ4v) is 2.22. The van der Waals surface area contributed by atoms with Crippen molar-refractivity contribution in [3.8, 4) is 0 Å². The Hall–Kier alpha value is -2.01. The molecule has 0 saturated carbocycles. The van der Waals surface area contributed by atoms with Gasteiger partial charge in [-0.25, -0.2) is 13.8 Å². The number of hydrogen-bond donors (Lipinski definition) is 1. The molecule has 1 aromatic heterocycles. The van der Waals surface area contributed by atoms with Gasteiger partial charge >= 0.3 is 0 Å². The second kappa shape index (κ2) is 6.18. The number of hydrogen-bond acceptors (Lipinski definition) is 2. The summed E-state index contributed by atoms with van der Waals surface area (Å²) < 4.78 is 26.5. The SMILES string of the molecule is Cc1cc(C(=O)NC(C)c2ccc(F)cc2F)cc(Cl)n1. The minimum atomic E-state index is -0.702. The molecule has 0 aliphatic heterocycles. The third kappa shape index (κ3) is 3.76. The molecule has 0 spiro atoms. The van der Waals surface area contributed by atoms with Gasteiger partial charge in [0.15, 0.2) is 0 Å². The molecule has 1 heterocycles. The topological polar surface area (TPSA) is 42.0 Å². The zero-order valence-electron chi connectivity index (χ0n) is 11.5. The molecule has 0 aliphatic rings. The third-order valence-electron chi connectivity index (χ3n) is 2.96. The molecule has 0 radical (unpaired) electrons. The van der Waals surface area contributed by atoms with Crippen LogP contribution in [-0.4, -0.2) is 10.9 Å². The first-order chi connectivity index (χ1) is 9.86. The lowest BCUT2D eigenvalue weighted by atomic mass is 10.1. The maximum absolute atomic E-state index is 13.7. The third-order valence-corrected chi connectivity index (χ3v) is 3.15. The maximum atomic E-state index is 13.7. The number of amides is 1. The van der Waals surface area contributed by atoms with Gasteiger partial charge in [-0.05, 0) is 32.0 Å². The lowest BCUT2D eigenvalue weighted by Crippen LogP contribution is -2.27. The van der Waals surface area contributed by atoms with Crippen LogP contribution < -0.4 is 5.32 Å². The van der Waals surface area contributed by atoms with E-state index in [1.807, 2.05) is 0 Å². The van der Waals surface area contributed by atoms with E-state index in [0.717, 1.165) is 12.1 Å². The van der Waals surface area contributed by atoms with E-state index < -0.39 is 23.6 Å². The first-order valence-corrected chi connectivity index (χ1v) is 6.64. The molecule has 2 rings (SSSR count). The van der Waals surface area contributed by atoms with Gasteiger partial charge in [0.1, 0.15) is 16.8 Å². The van der Waals surface area contributed by atoms with Crippen molar-refractivity contribution in [2.45, 2.75) is 19.9 Å². The van der Waals surface area contributed by atoms with Gasteiger partial charge in [-0.15, -0.1) is 0 Å². The van der Waals surface area contributed by atoms with Crippen molar-refractivity contribution in [3.63, 3.8) is 0 Å². The van der Waals surface area contributed by atoms with Crippen LogP contribution in [0.4, 0.5) is 8.78 Å². The standard InChI is InChI=1S/C15H13ClF2N2O/c1-8-5-10(6-14(16)19-8)15(21)20-9(2)12-4-3-11(17)7-13(12)18/h3-7,9H,1-2H3,(H,20,21). The van der Waals surface area contributed by atoms with Gasteiger partial charge in [0.25, 0.3) is 5.91 Å². The summed E-state index contributed by atoms with van der Waals surface area (Å²) in [6.45, 7) is 3.33. The van der Waals surface area contributed by atoms with Gasteiger partial charge in [0, 0.05) is 22.9 Å². The number of nitrogens with zero attached hydrogens (tertiary/aromatic N) is 1. The lowest BCUT2D eigenvalue weighted by Gasteiger charge is -2.15. The smallest absolute Gasteiger partial charge is 0.251 e. The molecule has 6 heteroatoms. The van der Waals surface area contributed by atoms with Crippen LogP contribution >= 0.6 is 11.6 Å². The molecule has 1 N–H and O–H groups in total. The molecule has 110 valence electrons. The second-order valence-electron chi connectivity index (χ2n) is 4.68. The number of benzene rings is 1. The Morgan fingerprint density at radius 2 is 2.00 bits per heavy atom. The number of aryl methyl sites for hydroxylation is 1. The molecular formula is C15H13ClF2N2O.